The molecule has 0 saturated heterocycles. The Morgan fingerprint density at radius 1 is 1.48 bits per heavy atom. The van der Waals surface area contributed by atoms with E-state index in [9.17, 15) is 14.3 Å². The first-order chi connectivity index (χ1) is 9.88. The van der Waals surface area contributed by atoms with Gasteiger partial charge < -0.3 is 9.84 Å². The van der Waals surface area contributed by atoms with Crippen LogP contribution in [0.1, 0.15) is 13.8 Å². The van der Waals surface area contributed by atoms with Crippen LogP contribution in [0.15, 0.2) is 23.3 Å². The molecule has 7 heteroatoms. The molecule has 21 heavy (non-hydrogen) atoms. The van der Waals surface area contributed by atoms with Gasteiger partial charge in [-0.3, -0.25) is 9.69 Å². The number of phenols is 1. The van der Waals surface area contributed by atoms with Gasteiger partial charge in [-0.2, -0.15) is 0 Å². The molecule has 1 aromatic rings. The van der Waals surface area contributed by atoms with E-state index >= 15 is 0 Å². The number of benzene rings is 1. The SMILES string of the molecule is CC1=C(C)[C@@H](OCCBr)N(c2cc(O)c(Cl)cc2F)C1=O. The summed E-state index contributed by atoms with van der Waals surface area (Å²) in [6.45, 7) is 3.79. The summed E-state index contributed by atoms with van der Waals surface area (Å²) in [6.07, 6.45) is -0.690. The number of ether oxygens (including phenoxy) is 1. The maximum absolute atomic E-state index is 14.1. The Balaban J connectivity index is 2.46. The zero-order chi connectivity index (χ0) is 15.7. The molecule has 114 valence electrons. The van der Waals surface area contributed by atoms with Crippen LogP contribution in [0.4, 0.5) is 10.1 Å². The Bertz CT molecular complexity index is 620. The van der Waals surface area contributed by atoms with Crippen LogP contribution in [0.2, 0.25) is 5.02 Å². The van der Waals surface area contributed by atoms with Gasteiger partial charge in [0.15, 0.2) is 6.23 Å². The maximum Gasteiger partial charge on any atom is 0.256 e. The molecule has 2 rings (SSSR count). The van der Waals surface area contributed by atoms with Crippen molar-refractivity contribution >= 4 is 39.1 Å². The third-order valence-corrected chi connectivity index (χ3v) is 3.99. The summed E-state index contributed by atoms with van der Waals surface area (Å²) >= 11 is 8.91. The number of anilines is 1. The highest BCUT2D eigenvalue weighted by atomic mass is 79.9. The summed E-state index contributed by atoms with van der Waals surface area (Å²) in [5.74, 6) is -1.34. The molecule has 0 spiro atoms. The number of amides is 1. The van der Waals surface area contributed by atoms with E-state index in [4.69, 9.17) is 16.3 Å². The predicted octanol–water partition coefficient (Wildman–Crippen LogP) is 3.61. The summed E-state index contributed by atoms with van der Waals surface area (Å²) in [4.78, 5) is 13.5. The molecule has 1 heterocycles. The quantitative estimate of drug-likeness (QED) is 0.814. The fourth-order valence-electron chi connectivity index (χ4n) is 2.14. The van der Waals surface area contributed by atoms with Crippen LogP contribution in [-0.2, 0) is 9.53 Å². The van der Waals surface area contributed by atoms with E-state index in [1.54, 1.807) is 13.8 Å². The number of carbonyl (C=O) groups is 1. The van der Waals surface area contributed by atoms with E-state index in [-0.39, 0.29) is 22.4 Å². The van der Waals surface area contributed by atoms with Crippen molar-refractivity contribution in [1.82, 2.24) is 0 Å². The van der Waals surface area contributed by atoms with E-state index in [1.165, 1.54) is 4.90 Å². The van der Waals surface area contributed by atoms with E-state index in [0.717, 1.165) is 17.7 Å². The highest BCUT2D eigenvalue weighted by Crippen LogP contribution is 2.37. The second-order valence-corrected chi connectivity index (χ2v) is 5.85. The first-order valence-electron chi connectivity index (χ1n) is 6.25. The van der Waals surface area contributed by atoms with E-state index < -0.39 is 12.0 Å². The molecule has 0 aromatic heterocycles. The van der Waals surface area contributed by atoms with Crippen LogP contribution in [0.3, 0.4) is 0 Å². The van der Waals surface area contributed by atoms with Gasteiger partial charge in [-0.05, 0) is 25.5 Å². The van der Waals surface area contributed by atoms with Gasteiger partial charge in [0.2, 0.25) is 0 Å². The van der Waals surface area contributed by atoms with Crippen molar-refractivity contribution in [2.24, 2.45) is 0 Å². The van der Waals surface area contributed by atoms with Crippen molar-refractivity contribution in [3.05, 3.63) is 34.1 Å². The molecular formula is C14H14BrClFNO3. The molecule has 1 aliphatic heterocycles. The first-order valence-corrected chi connectivity index (χ1v) is 7.75. The van der Waals surface area contributed by atoms with Gasteiger partial charge >= 0.3 is 0 Å². The summed E-state index contributed by atoms with van der Waals surface area (Å²) in [7, 11) is 0. The third-order valence-electron chi connectivity index (χ3n) is 3.36. The Labute approximate surface area is 135 Å². The first kappa shape index (κ1) is 16.3. The van der Waals surface area contributed by atoms with Crippen LogP contribution in [0.5, 0.6) is 5.75 Å². The van der Waals surface area contributed by atoms with Crippen LogP contribution < -0.4 is 4.90 Å². The lowest BCUT2D eigenvalue weighted by molar-refractivity contribution is -0.116. The molecule has 0 saturated carbocycles. The van der Waals surface area contributed by atoms with Gasteiger partial charge in [0.25, 0.3) is 5.91 Å². The lowest BCUT2D eigenvalue weighted by Gasteiger charge is -2.27. The normalized spacial score (nSPS) is 18.8. The van der Waals surface area contributed by atoms with Gasteiger partial charge in [-0.15, -0.1) is 0 Å². The Hall–Kier alpha value is -1.11. The minimum absolute atomic E-state index is 0.0577. The minimum atomic E-state index is -0.693. The van der Waals surface area contributed by atoms with Gasteiger partial charge in [0, 0.05) is 17.0 Å². The van der Waals surface area contributed by atoms with Crippen LogP contribution in [0, 0.1) is 5.82 Å². The van der Waals surface area contributed by atoms with Crippen molar-refractivity contribution in [2.75, 3.05) is 16.8 Å². The van der Waals surface area contributed by atoms with Gasteiger partial charge in [0.05, 0.1) is 17.3 Å². The van der Waals surface area contributed by atoms with Crippen LogP contribution in [-0.4, -0.2) is 29.2 Å². The molecule has 1 aliphatic rings. The Morgan fingerprint density at radius 2 is 2.14 bits per heavy atom. The monoisotopic (exact) mass is 377 g/mol. The fraction of sp³-hybridized carbons (Fsp3) is 0.357. The topological polar surface area (TPSA) is 49.8 Å². The number of halogens is 3. The van der Waals surface area contributed by atoms with Crippen molar-refractivity contribution in [3.63, 3.8) is 0 Å². The van der Waals surface area contributed by atoms with Crippen molar-refractivity contribution in [2.45, 2.75) is 20.1 Å². The number of hydrogen-bond acceptors (Lipinski definition) is 3. The molecule has 0 bridgehead atoms. The average Bonchev–Trinajstić information content (AvgIpc) is 2.65. The second kappa shape index (κ2) is 6.34. The number of aromatic hydroxyl groups is 1. The lowest BCUT2D eigenvalue weighted by Crippen LogP contribution is -2.38. The Morgan fingerprint density at radius 3 is 2.76 bits per heavy atom. The molecular weight excluding hydrogens is 365 g/mol. The smallest absolute Gasteiger partial charge is 0.256 e. The Kier molecular flexibility index (Phi) is 4.91. The zero-order valence-corrected chi connectivity index (χ0v) is 13.8. The number of phenolic OH excluding ortho intramolecular Hbond substituents is 1. The molecule has 1 amide bonds. The average molecular weight is 379 g/mol. The molecule has 0 radical (unpaired) electrons. The molecule has 4 nitrogen and oxygen atoms in total. The number of rotatable bonds is 4. The fourth-order valence-corrected chi connectivity index (χ4v) is 2.47. The third kappa shape index (κ3) is 2.93. The zero-order valence-electron chi connectivity index (χ0n) is 11.5. The van der Waals surface area contributed by atoms with Crippen molar-refractivity contribution < 1.29 is 19.0 Å². The summed E-state index contributed by atoms with van der Waals surface area (Å²) in [5, 5.41) is 10.1. The second-order valence-electron chi connectivity index (χ2n) is 4.65. The van der Waals surface area contributed by atoms with Gasteiger partial charge in [-0.1, -0.05) is 27.5 Å². The van der Waals surface area contributed by atoms with Gasteiger partial charge in [-0.25, -0.2) is 4.39 Å². The van der Waals surface area contributed by atoms with Crippen molar-refractivity contribution in [3.8, 4) is 5.75 Å². The number of carbonyl (C=O) groups excluding carboxylic acids is 1. The highest BCUT2D eigenvalue weighted by molar-refractivity contribution is 9.09. The molecule has 0 fully saturated rings. The van der Waals surface area contributed by atoms with Crippen LogP contribution in [0.25, 0.3) is 0 Å². The molecule has 0 aliphatic carbocycles. The highest BCUT2D eigenvalue weighted by Gasteiger charge is 2.38. The van der Waals surface area contributed by atoms with Gasteiger partial charge in [0.1, 0.15) is 11.6 Å². The van der Waals surface area contributed by atoms with E-state index in [0.29, 0.717) is 17.5 Å². The molecule has 0 unspecified atom stereocenters. The predicted molar refractivity (Wildman–Crippen MR) is 82.5 cm³/mol. The molecule has 1 atom stereocenters. The number of hydrogen-bond donors (Lipinski definition) is 1. The minimum Gasteiger partial charge on any atom is -0.506 e. The summed E-state index contributed by atoms with van der Waals surface area (Å²) in [5.41, 5.74) is 1.16. The maximum atomic E-state index is 14.1. The van der Waals surface area contributed by atoms with Crippen molar-refractivity contribution in [1.29, 1.82) is 0 Å². The summed E-state index contributed by atoms with van der Waals surface area (Å²) in [6, 6.07) is 2.11. The largest absolute Gasteiger partial charge is 0.506 e. The standard InChI is InChI=1S/C14H14BrClFNO3/c1-7-8(2)14(21-4-3-15)18(13(7)20)11-6-12(19)9(16)5-10(11)17/h5-6,14,19H,3-4H2,1-2H3/t14-/m1/s1. The van der Waals surface area contributed by atoms with E-state index in [2.05, 4.69) is 15.9 Å². The molecule has 1 N–H and O–H groups in total. The van der Waals surface area contributed by atoms with E-state index in [1.807, 2.05) is 0 Å². The lowest BCUT2D eigenvalue weighted by atomic mass is 10.2. The number of nitrogens with zero attached hydrogens (tertiary/aromatic N) is 1. The van der Waals surface area contributed by atoms with Crippen LogP contribution >= 0.6 is 27.5 Å². The number of alkyl halides is 1. The summed E-state index contributed by atoms with van der Waals surface area (Å²) < 4.78 is 19.7. The molecule has 1 aromatic carbocycles.